The summed E-state index contributed by atoms with van der Waals surface area (Å²) >= 11 is 0. The van der Waals surface area contributed by atoms with E-state index in [4.69, 9.17) is 0 Å². The SMILES string of the molecule is CS(=O)(=O)CC(=O)C1CCCC(S(C)(=O)=O)C1. The quantitative estimate of drug-likeness (QED) is 0.735. The average Bonchev–Trinajstić information content (AvgIpc) is 2.14. The molecule has 0 spiro atoms. The maximum Gasteiger partial charge on any atom is 0.154 e. The Morgan fingerprint density at radius 3 is 2.18 bits per heavy atom. The van der Waals surface area contributed by atoms with Crippen LogP contribution >= 0.6 is 0 Å². The lowest BCUT2D eigenvalue weighted by Gasteiger charge is -2.26. The monoisotopic (exact) mass is 282 g/mol. The molecule has 0 aliphatic heterocycles. The second-order valence-electron chi connectivity index (χ2n) is 4.85. The predicted octanol–water partition coefficient (Wildman–Crippen LogP) is 0.204. The Bertz CT molecular complexity index is 489. The van der Waals surface area contributed by atoms with Gasteiger partial charge in [-0.15, -0.1) is 0 Å². The molecule has 0 bridgehead atoms. The fourth-order valence-electron chi connectivity index (χ4n) is 2.20. The zero-order valence-electron chi connectivity index (χ0n) is 10.0. The van der Waals surface area contributed by atoms with Crippen molar-refractivity contribution in [3.63, 3.8) is 0 Å². The molecule has 17 heavy (non-hydrogen) atoms. The second-order valence-corrected chi connectivity index (χ2v) is 9.32. The van der Waals surface area contributed by atoms with Crippen LogP contribution < -0.4 is 0 Å². The van der Waals surface area contributed by atoms with E-state index in [0.29, 0.717) is 19.3 Å². The molecule has 1 aliphatic rings. The summed E-state index contributed by atoms with van der Waals surface area (Å²) in [4.78, 5) is 11.7. The largest absolute Gasteiger partial charge is 0.298 e. The van der Waals surface area contributed by atoms with Gasteiger partial charge in [-0.2, -0.15) is 0 Å². The van der Waals surface area contributed by atoms with Crippen molar-refractivity contribution >= 4 is 25.5 Å². The smallest absolute Gasteiger partial charge is 0.154 e. The number of carbonyl (C=O) groups excluding carboxylic acids is 1. The van der Waals surface area contributed by atoms with Gasteiger partial charge in [0, 0.05) is 18.4 Å². The van der Waals surface area contributed by atoms with Crippen LogP contribution in [0.2, 0.25) is 0 Å². The van der Waals surface area contributed by atoms with Crippen molar-refractivity contribution in [1.82, 2.24) is 0 Å². The first-order valence-electron chi connectivity index (χ1n) is 5.49. The van der Waals surface area contributed by atoms with Crippen LogP contribution in [-0.2, 0) is 24.5 Å². The number of Topliss-reactive ketones (excluding diaryl/α,β-unsaturated/α-hetero) is 1. The number of rotatable bonds is 4. The molecule has 1 saturated carbocycles. The molecule has 100 valence electrons. The van der Waals surface area contributed by atoms with Gasteiger partial charge in [0.05, 0.1) is 5.25 Å². The summed E-state index contributed by atoms with van der Waals surface area (Å²) in [6, 6.07) is 0. The predicted molar refractivity (Wildman–Crippen MR) is 65.3 cm³/mol. The van der Waals surface area contributed by atoms with Gasteiger partial charge >= 0.3 is 0 Å². The van der Waals surface area contributed by atoms with Crippen LogP contribution in [0.3, 0.4) is 0 Å². The van der Waals surface area contributed by atoms with Gasteiger partial charge in [-0.3, -0.25) is 4.79 Å². The molecule has 2 atom stereocenters. The minimum atomic E-state index is -3.32. The van der Waals surface area contributed by atoms with Crippen LogP contribution in [0.5, 0.6) is 0 Å². The highest BCUT2D eigenvalue weighted by atomic mass is 32.2. The van der Waals surface area contributed by atoms with Gasteiger partial charge in [0.2, 0.25) is 0 Å². The van der Waals surface area contributed by atoms with Crippen molar-refractivity contribution in [3.05, 3.63) is 0 Å². The highest BCUT2D eigenvalue weighted by Crippen LogP contribution is 2.29. The van der Waals surface area contributed by atoms with E-state index in [1.54, 1.807) is 0 Å². The molecule has 0 aromatic heterocycles. The summed E-state index contributed by atoms with van der Waals surface area (Å²) in [5, 5.41) is -0.496. The first-order chi connectivity index (χ1) is 7.59. The molecular formula is C10H18O5S2. The average molecular weight is 282 g/mol. The minimum Gasteiger partial charge on any atom is -0.298 e. The molecular weight excluding hydrogens is 264 g/mol. The van der Waals surface area contributed by atoms with Gasteiger partial charge in [0.25, 0.3) is 0 Å². The lowest BCUT2D eigenvalue weighted by Crippen LogP contribution is -2.33. The fraction of sp³-hybridized carbons (Fsp3) is 0.900. The van der Waals surface area contributed by atoms with Gasteiger partial charge in [-0.25, -0.2) is 16.8 Å². The van der Waals surface area contributed by atoms with Crippen LogP contribution in [0.4, 0.5) is 0 Å². The van der Waals surface area contributed by atoms with E-state index < -0.39 is 36.6 Å². The maximum atomic E-state index is 11.7. The van der Waals surface area contributed by atoms with E-state index in [0.717, 1.165) is 6.26 Å². The Morgan fingerprint density at radius 2 is 1.71 bits per heavy atom. The van der Waals surface area contributed by atoms with Gasteiger partial charge in [0.15, 0.2) is 15.6 Å². The first kappa shape index (κ1) is 14.6. The van der Waals surface area contributed by atoms with Crippen molar-refractivity contribution in [1.29, 1.82) is 0 Å². The van der Waals surface area contributed by atoms with Crippen molar-refractivity contribution in [2.75, 3.05) is 18.3 Å². The first-order valence-corrected chi connectivity index (χ1v) is 9.50. The zero-order valence-corrected chi connectivity index (χ0v) is 11.7. The molecule has 0 saturated heterocycles. The van der Waals surface area contributed by atoms with E-state index >= 15 is 0 Å². The summed E-state index contributed by atoms with van der Waals surface area (Å²) in [6.45, 7) is 0. The molecule has 0 aromatic rings. The van der Waals surface area contributed by atoms with Crippen LogP contribution in [-0.4, -0.2) is 46.1 Å². The van der Waals surface area contributed by atoms with Crippen molar-refractivity contribution in [2.45, 2.75) is 30.9 Å². The normalized spacial score (nSPS) is 26.7. The summed E-state index contributed by atoms with van der Waals surface area (Å²) < 4.78 is 44.9. The maximum absolute atomic E-state index is 11.7. The van der Waals surface area contributed by atoms with Gasteiger partial charge in [0.1, 0.15) is 15.6 Å². The third-order valence-corrected chi connectivity index (χ3v) is 5.54. The molecule has 0 amide bonds. The Morgan fingerprint density at radius 1 is 1.12 bits per heavy atom. The Labute approximate surface area is 102 Å². The number of carbonyl (C=O) groups is 1. The highest BCUT2D eigenvalue weighted by Gasteiger charge is 2.33. The summed E-state index contributed by atoms with van der Waals surface area (Å²) in [6.07, 6.45) is 4.29. The van der Waals surface area contributed by atoms with Gasteiger partial charge in [-0.05, 0) is 19.3 Å². The molecule has 0 heterocycles. The number of ketones is 1. The lowest BCUT2D eigenvalue weighted by atomic mass is 9.86. The number of sulfone groups is 2. The summed E-state index contributed by atoms with van der Waals surface area (Å²) in [5.41, 5.74) is 0. The Kier molecular flexibility index (Phi) is 4.35. The van der Waals surface area contributed by atoms with Crippen LogP contribution in [0, 0.1) is 5.92 Å². The lowest BCUT2D eigenvalue weighted by molar-refractivity contribution is -0.121. The van der Waals surface area contributed by atoms with E-state index in [1.165, 1.54) is 6.26 Å². The number of hydrogen-bond donors (Lipinski definition) is 0. The van der Waals surface area contributed by atoms with Crippen LogP contribution in [0.15, 0.2) is 0 Å². The van der Waals surface area contributed by atoms with Gasteiger partial charge < -0.3 is 0 Å². The topological polar surface area (TPSA) is 85.3 Å². The standard InChI is InChI=1S/C10H18O5S2/c1-16(12,13)7-10(11)8-4-3-5-9(6-8)17(2,14)15/h8-9H,3-7H2,1-2H3. The molecule has 1 fully saturated rings. The third-order valence-electron chi connectivity index (χ3n) is 3.09. The molecule has 5 nitrogen and oxygen atoms in total. The molecule has 0 N–H and O–H groups in total. The third kappa shape index (κ3) is 4.75. The zero-order chi connectivity index (χ0) is 13.3. The van der Waals surface area contributed by atoms with Crippen molar-refractivity contribution in [2.24, 2.45) is 5.92 Å². The molecule has 1 rings (SSSR count). The van der Waals surface area contributed by atoms with Crippen molar-refractivity contribution in [3.8, 4) is 0 Å². The molecule has 0 radical (unpaired) electrons. The van der Waals surface area contributed by atoms with E-state index in [9.17, 15) is 21.6 Å². The second kappa shape index (κ2) is 5.06. The molecule has 2 unspecified atom stereocenters. The number of hydrogen-bond acceptors (Lipinski definition) is 5. The van der Waals surface area contributed by atoms with Crippen molar-refractivity contribution < 1.29 is 21.6 Å². The van der Waals surface area contributed by atoms with E-state index in [-0.39, 0.29) is 12.2 Å². The summed E-state index contributed by atoms with van der Waals surface area (Å²) in [7, 11) is -6.46. The Hall–Kier alpha value is -0.430. The highest BCUT2D eigenvalue weighted by molar-refractivity contribution is 7.91. The molecule has 1 aliphatic carbocycles. The van der Waals surface area contributed by atoms with Crippen LogP contribution in [0.1, 0.15) is 25.7 Å². The minimum absolute atomic E-state index is 0.271. The molecule has 7 heteroatoms. The van der Waals surface area contributed by atoms with Crippen LogP contribution in [0.25, 0.3) is 0 Å². The van der Waals surface area contributed by atoms with E-state index in [1.807, 2.05) is 0 Å². The summed E-state index contributed by atoms with van der Waals surface area (Å²) in [5.74, 6) is -1.24. The van der Waals surface area contributed by atoms with E-state index in [2.05, 4.69) is 0 Å². The Balaban J connectivity index is 2.71. The molecule has 0 aromatic carbocycles. The van der Waals surface area contributed by atoms with Gasteiger partial charge in [-0.1, -0.05) is 6.42 Å². The fourth-order valence-corrected chi connectivity index (χ4v) is 4.13.